The summed E-state index contributed by atoms with van der Waals surface area (Å²) in [5.41, 5.74) is 1.66. The summed E-state index contributed by atoms with van der Waals surface area (Å²) in [7, 11) is 0. The first-order chi connectivity index (χ1) is 12.1. The molecule has 4 aliphatic carbocycles. The summed E-state index contributed by atoms with van der Waals surface area (Å²) in [4.78, 5) is 39.3. The fourth-order valence-electron chi connectivity index (χ4n) is 5.22. The van der Waals surface area contributed by atoms with Gasteiger partial charge in [0.25, 0.3) is 0 Å². The van der Waals surface area contributed by atoms with Gasteiger partial charge in [0.15, 0.2) is 0 Å². The van der Waals surface area contributed by atoms with Gasteiger partial charge >= 0.3 is 0 Å². The molecule has 1 saturated heterocycles. The van der Waals surface area contributed by atoms with Crippen molar-refractivity contribution in [3.8, 4) is 0 Å². The van der Waals surface area contributed by atoms with Gasteiger partial charge in [-0.3, -0.25) is 19.3 Å². The second-order valence-electron chi connectivity index (χ2n) is 7.78. The maximum atomic E-state index is 12.9. The second kappa shape index (κ2) is 5.04. The highest BCUT2D eigenvalue weighted by Crippen LogP contribution is 2.65. The number of para-hydroxylation sites is 1. The van der Waals surface area contributed by atoms with Crippen molar-refractivity contribution < 1.29 is 14.4 Å². The molecule has 25 heavy (non-hydrogen) atoms. The van der Waals surface area contributed by atoms with Crippen LogP contribution >= 0.6 is 0 Å². The zero-order chi connectivity index (χ0) is 17.3. The smallest absolute Gasteiger partial charge is 0.244 e. The summed E-state index contributed by atoms with van der Waals surface area (Å²) in [5.74, 6) is 0.443. The first-order valence-corrected chi connectivity index (χ1v) is 8.95. The minimum Gasteiger partial charge on any atom is -0.324 e. The van der Waals surface area contributed by atoms with Gasteiger partial charge in [0.05, 0.1) is 11.8 Å². The molecule has 0 radical (unpaired) electrons. The molecule has 1 aromatic rings. The van der Waals surface area contributed by atoms with E-state index in [1.165, 1.54) is 4.90 Å². The molecule has 0 aromatic heterocycles. The number of rotatable bonds is 3. The lowest BCUT2D eigenvalue weighted by atomic mass is 9.63. The SMILES string of the molecule is Cc1ccccc1NC(=O)CN1C(=O)[C@@H]2[C@H]3C=C[C@@H]([C@@H]4C[C@@H]34)[C@@H]2C1=O. The van der Waals surface area contributed by atoms with Crippen molar-refractivity contribution in [1.29, 1.82) is 0 Å². The highest BCUT2D eigenvalue weighted by atomic mass is 16.2. The van der Waals surface area contributed by atoms with Crippen LogP contribution in [0.4, 0.5) is 5.69 Å². The molecule has 3 fully saturated rings. The normalized spacial score (nSPS) is 37.1. The molecule has 5 nitrogen and oxygen atoms in total. The van der Waals surface area contributed by atoms with Crippen molar-refractivity contribution in [2.24, 2.45) is 35.5 Å². The number of hydrogen-bond acceptors (Lipinski definition) is 3. The maximum Gasteiger partial charge on any atom is 0.244 e. The lowest BCUT2D eigenvalue weighted by Gasteiger charge is -2.37. The number of hydrogen-bond donors (Lipinski definition) is 1. The van der Waals surface area contributed by atoms with E-state index in [4.69, 9.17) is 0 Å². The van der Waals surface area contributed by atoms with Crippen LogP contribution in [-0.4, -0.2) is 29.2 Å². The molecule has 1 heterocycles. The quantitative estimate of drug-likeness (QED) is 0.678. The maximum absolute atomic E-state index is 12.9. The van der Waals surface area contributed by atoms with E-state index >= 15 is 0 Å². The second-order valence-corrected chi connectivity index (χ2v) is 7.78. The Bertz CT molecular complexity index is 794. The molecule has 6 rings (SSSR count). The standard InChI is InChI=1S/C20H20N2O3/c1-10-4-2-3-5-15(10)21-16(23)9-22-19(24)17-11-6-7-12(14-8-13(11)14)18(17)20(22)25/h2-7,11-14,17-18H,8-9H2,1H3,(H,21,23)/t11-,12-,13-,14-,17-,18+/m0/s1. The van der Waals surface area contributed by atoms with Crippen molar-refractivity contribution in [2.75, 3.05) is 11.9 Å². The zero-order valence-corrected chi connectivity index (χ0v) is 14.0. The van der Waals surface area contributed by atoms with E-state index in [-0.39, 0.29) is 47.9 Å². The number of anilines is 1. The van der Waals surface area contributed by atoms with Gasteiger partial charge in [0.2, 0.25) is 17.7 Å². The Kier molecular flexibility index (Phi) is 3.00. The summed E-state index contributed by atoms with van der Waals surface area (Å²) < 4.78 is 0. The van der Waals surface area contributed by atoms with Gasteiger partial charge in [-0.25, -0.2) is 0 Å². The molecule has 0 spiro atoms. The largest absolute Gasteiger partial charge is 0.324 e. The number of carbonyl (C=O) groups excluding carboxylic acids is 3. The average Bonchev–Trinajstić information content (AvgIpc) is 3.38. The van der Waals surface area contributed by atoms with Crippen molar-refractivity contribution in [1.82, 2.24) is 4.90 Å². The number of imide groups is 1. The first-order valence-electron chi connectivity index (χ1n) is 8.95. The van der Waals surface area contributed by atoms with Crippen LogP contribution in [-0.2, 0) is 14.4 Å². The van der Waals surface area contributed by atoms with Gasteiger partial charge in [-0.15, -0.1) is 0 Å². The Morgan fingerprint density at radius 3 is 2.28 bits per heavy atom. The van der Waals surface area contributed by atoms with E-state index in [1.54, 1.807) is 0 Å². The third-order valence-corrected chi connectivity index (χ3v) is 6.47. The van der Waals surface area contributed by atoms with E-state index in [0.29, 0.717) is 17.5 Å². The highest BCUT2D eigenvalue weighted by Gasteiger charge is 2.67. The number of nitrogens with one attached hydrogen (secondary N) is 1. The summed E-state index contributed by atoms with van der Waals surface area (Å²) in [6.07, 6.45) is 5.42. The number of carbonyl (C=O) groups is 3. The van der Waals surface area contributed by atoms with E-state index in [9.17, 15) is 14.4 Å². The van der Waals surface area contributed by atoms with Crippen molar-refractivity contribution in [2.45, 2.75) is 13.3 Å². The van der Waals surface area contributed by atoms with E-state index in [0.717, 1.165) is 12.0 Å². The third-order valence-electron chi connectivity index (χ3n) is 6.47. The molecule has 2 saturated carbocycles. The van der Waals surface area contributed by atoms with Gasteiger partial charge in [0, 0.05) is 5.69 Å². The average molecular weight is 336 g/mol. The summed E-state index contributed by atoms with van der Waals surface area (Å²) in [5, 5.41) is 2.81. The molecule has 2 bridgehead atoms. The lowest BCUT2D eigenvalue weighted by Crippen LogP contribution is -2.40. The van der Waals surface area contributed by atoms with Gasteiger partial charge in [-0.05, 0) is 48.6 Å². The van der Waals surface area contributed by atoms with E-state index in [2.05, 4.69) is 17.5 Å². The monoisotopic (exact) mass is 336 g/mol. The van der Waals surface area contributed by atoms with Crippen molar-refractivity contribution in [3.63, 3.8) is 0 Å². The van der Waals surface area contributed by atoms with Gasteiger partial charge < -0.3 is 5.32 Å². The fraction of sp³-hybridized carbons (Fsp3) is 0.450. The zero-order valence-electron chi connectivity index (χ0n) is 14.0. The van der Waals surface area contributed by atoms with Crippen LogP contribution in [0.2, 0.25) is 0 Å². The Morgan fingerprint density at radius 1 is 1.08 bits per heavy atom. The highest BCUT2D eigenvalue weighted by molar-refractivity contribution is 6.09. The molecule has 1 N–H and O–H groups in total. The third kappa shape index (κ3) is 2.04. The van der Waals surface area contributed by atoms with Gasteiger partial charge in [-0.2, -0.15) is 0 Å². The Morgan fingerprint density at radius 2 is 1.68 bits per heavy atom. The van der Waals surface area contributed by atoms with E-state index in [1.807, 2.05) is 31.2 Å². The molecule has 6 atom stereocenters. The number of allylic oxidation sites excluding steroid dienone is 2. The van der Waals surface area contributed by atoms with Crippen LogP contribution in [0, 0.1) is 42.4 Å². The predicted molar refractivity (Wildman–Crippen MR) is 91.2 cm³/mol. The lowest BCUT2D eigenvalue weighted by molar-refractivity contribution is -0.142. The fourth-order valence-corrected chi connectivity index (χ4v) is 5.22. The molecule has 5 heteroatoms. The van der Waals surface area contributed by atoms with E-state index < -0.39 is 0 Å². The summed E-state index contributed by atoms with van der Waals surface area (Å²) >= 11 is 0. The van der Waals surface area contributed by atoms with Crippen LogP contribution < -0.4 is 5.32 Å². The van der Waals surface area contributed by atoms with Crippen LogP contribution in [0.1, 0.15) is 12.0 Å². The molecule has 1 aliphatic heterocycles. The number of aryl methyl sites for hydroxylation is 1. The van der Waals surface area contributed by atoms with Crippen molar-refractivity contribution >= 4 is 23.4 Å². The molecule has 5 aliphatic rings. The van der Waals surface area contributed by atoms with Crippen LogP contribution in [0.3, 0.4) is 0 Å². The van der Waals surface area contributed by atoms with Crippen LogP contribution in [0.25, 0.3) is 0 Å². The summed E-state index contributed by atoms with van der Waals surface area (Å²) in [6, 6.07) is 7.47. The molecule has 0 unspecified atom stereocenters. The number of benzene rings is 1. The van der Waals surface area contributed by atoms with Gasteiger partial charge in [-0.1, -0.05) is 30.4 Å². The first kappa shape index (κ1) is 14.9. The predicted octanol–water partition coefficient (Wildman–Crippen LogP) is 1.99. The Labute approximate surface area is 146 Å². The number of amides is 3. The minimum absolute atomic E-state index is 0.153. The molecule has 1 aromatic carbocycles. The number of nitrogens with zero attached hydrogens (tertiary/aromatic N) is 1. The minimum atomic E-state index is -0.319. The van der Waals surface area contributed by atoms with Crippen LogP contribution in [0.5, 0.6) is 0 Å². The molecule has 128 valence electrons. The topological polar surface area (TPSA) is 66.5 Å². The Hall–Kier alpha value is -2.43. The molecular weight excluding hydrogens is 316 g/mol. The Balaban J connectivity index is 1.34. The van der Waals surface area contributed by atoms with Crippen LogP contribution in [0.15, 0.2) is 36.4 Å². The van der Waals surface area contributed by atoms with Crippen molar-refractivity contribution in [3.05, 3.63) is 42.0 Å². The summed E-state index contributed by atoms with van der Waals surface area (Å²) in [6.45, 7) is 1.72. The van der Waals surface area contributed by atoms with Gasteiger partial charge in [0.1, 0.15) is 6.54 Å². The molecule has 3 amide bonds. The molecular formula is C20H20N2O3. The number of likely N-dealkylation sites (tertiary alicyclic amines) is 1.